The van der Waals surface area contributed by atoms with E-state index in [0.717, 1.165) is 0 Å². The Morgan fingerprint density at radius 1 is 1.42 bits per heavy atom. The molecule has 1 aromatic carbocycles. The van der Waals surface area contributed by atoms with Crippen molar-refractivity contribution in [2.45, 2.75) is 6.54 Å². The lowest BCUT2D eigenvalue weighted by atomic mass is 10.1. The van der Waals surface area contributed by atoms with Crippen molar-refractivity contribution >= 4 is 22.3 Å². The summed E-state index contributed by atoms with van der Waals surface area (Å²) in [7, 11) is 0. The number of anilines is 2. The Hall–Kier alpha value is -2.77. The molecule has 3 aromatic rings. The Morgan fingerprint density at radius 3 is 3.11 bits per heavy atom. The molecule has 96 valence electrons. The molecule has 0 fully saturated rings. The average molecular weight is 259 g/mol. The van der Waals surface area contributed by atoms with Crippen molar-refractivity contribution < 1.29 is 4.39 Å². The molecule has 2 heterocycles. The third-order valence-electron chi connectivity index (χ3n) is 2.69. The van der Waals surface area contributed by atoms with Gasteiger partial charge in [-0.15, -0.1) is 10.2 Å². The molecule has 7 nitrogen and oxygen atoms in total. The van der Waals surface area contributed by atoms with E-state index in [1.807, 2.05) is 0 Å². The van der Waals surface area contributed by atoms with Crippen molar-refractivity contribution in [3.63, 3.8) is 0 Å². The van der Waals surface area contributed by atoms with E-state index in [1.165, 1.54) is 6.07 Å². The molecule has 0 bridgehead atoms. The molecule has 0 spiro atoms. The first-order valence-electron chi connectivity index (χ1n) is 5.54. The summed E-state index contributed by atoms with van der Waals surface area (Å²) in [6.07, 6.45) is 1.58. The molecule has 0 aliphatic rings. The molecule has 0 aliphatic heterocycles. The number of H-pyrrole nitrogens is 1. The van der Waals surface area contributed by atoms with Gasteiger partial charge in [-0.3, -0.25) is 4.98 Å². The van der Waals surface area contributed by atoms with Crippen LogP contribution in [0.25, 0.3) is 10.9 Å². The first-order valence-corrected chi connectivity index (χ1v) is 5.54. The summed E-state index contributed by atoms with van der Waals surface area (Å²) in [5, 5.41) is 16.9. The normalized spacial score (nSPS) is 10.8. The lowest BCUT2D eigenvalue weighted by Gasteiger charge is -2.10. The van der Waals surface area contributed by atoms with E-state index in [-0.39, 0.29) is 12.2 Å². The van der Waals surface area contributed by atoms with E-state index in [4.69, 9.17) is 5.73 Å². The predicted octanol–water partition coefficient (Wildman–Crippen LogP) is 1.08. The number of benzene rings is 1. The number of hydrogen-bond donors (Lipinski definition) is 3. The molecule has 4 N–H and O–H groups in total. The van der Waals surface area contributed by atoms with Crippen LogP contribution in [0.4, 0.5) is 15.8 Å². The van der Waals surface area contributed by atoms with Crippen LogP contribution >= 0.6 is 0 Å². The summed E-state index contributed by atoms with van der Waals surface area (Å²) in [5.41, 5.74) is 6.87. The van der Waals surface area contributed by atoms with Gasteiger partial charge in [0.05, 0.1) is 17.7 Å². The van der Waals surface area contributed by atoms with Gasteiger partial charge in [0.2, 0.25) is 0 Å². The maximum Gasteiger partial charge on any atom is 0.193 e. The van der Waals surface area contributed by atoms with Gasteiger partial charge in [0.15, 0.2) is 11.6 Å². The van der Waals surface area contributed by atoms with Gasteiger partial charge in [0, 0.05) is 17.3 Å². The second kappa shape index (κ2) is 4.48. The number of halogens is 1. The second-order valence-electron chi connectivity index (χ2n) is 3.90. The minimum absolute atomic E-state index is 0.239. The molecule has 3 rings (SSSR count). The van der Waals surface area contributed by atoms with E-state index in [0.29, 0.717) is 22.4 Å². The van der Waals surface area contributed by atoms with Crippen LogP contribution in [0.2, 0.25) is 0 Å². The van der Waals surface area contributed by atoms with Gasteiger partial charge in [-0.1, -0.05) is 5.21 Å². The van der Waals surface area contributed by atoms with E-state index >= 15 is 0 Å². The fourth-order valence-electron chi connectivity index (χ4n) is 1.83. The number of nitrogens with one attached hydrogen (secondary N) is 2. The number of pyridine rings is 1. The minimum atomic E-state index is -0.466. The predicted molar refractivity (Wildman–Crippen MR) is 67.6 cm³/mol. The molecule has 8 heteroatoms. The Morgan fingerprint density at radius 2 is 2.32 bits per heavy atom. The Balaban J connectivity index is 2.02. The summed E-state index contributed by atoms with van der Waals surface area (Å²) in [6, 6.07) is 4.80. The van der Waals surface area contributed by atoms with Gasteiger partial charge in [0.1, 0.15) is 0 Å². The van der Waals surface area contributed by atoms with E-state index in [1.54, 1.807) is 18.3 Å². The number of tetrazole rings is 1. The molecule has 0 aliphatic carbocycles. The lowest BCUT2D eigenvalue weighted by molar-refractivity contribution is 0.631. The van der Waals surface area contributed by atoms with Crippen molar-refractivity contribution in [2.24, 2.45) is 0 Å². The molecular weight excluding hydrogens is 249 g/mol. The van der Waals surface area contributed by atoms with E-state index in [9.17, 15) is 4.39 Å². The molecule has 2 aromatic heterocycles. The van der Waals surface area contributed by atoms with Crippen LogP contribution < -0.4 is 11.1 Å². The van der Waals surface area contributed by atoms with Crippen molar-refractivity contribution in [1.82, 2.24) is 25.6 Å². The fourth-order valence-corrected chi connectivity index (χ4v) is 1.83. The number of rotatable bonds is 3. The molecule has 0 radical (unpaired) electrons. The van der Waals surface area contributed by atoms with E-state index in [2.05, 4.69) is 30.9 Å². The van der Waals surface area contributed by atoms with Gasteiger partial charge in [-0.05, 0) is 18.2 Å². The molecule has 0 saturated heterocycles. The van der Waals surface area contributed by atoms with Crippen LogP contribution in [0.5, 0.6) is 0 Å². The molecule has 0 saturated carbocycles. The summed E-state index contributed by atoms with van der Waals surface area (Å²) in [6.45, 7) is 0.239. The van der Waals surface area contributed by atoms with E-state index < -0.39 is 5.82 Å². The van der Waals surface area contributed by atoms with Crippen molar-refractivity contribution in [2.75, 3.05) is 11.1 Å². The maximum absolute atomic E-state index is 14.0. The zero-order valence-corrected chi connectivity index (χ0v) is 9.76. The number of fused-ring (bicyclic) bond motifs is 1. The third-order valence-corrected chi connectivity index (χ3v) is 2.69. The standard InChI is InChI=1S/C11H10FN7/c12-7-4-8(13)6-2-1-3-14-10(6)11(7)15-5-9-16-18-19-17-9/h1-4,15H,5,13H2,(H,16,17,18,19). The van der Waals surface area contributed by atoms with Crippen molar-refractivity contribution in [3.8, 4) is 0 Å². The smallest absolute Gasteiger partial charge is 0.193 e. The monoisotopic (exact) mass is 259 g/mol. The van der Waals surface area contributed by atoms with Crippen LogP contribution in [-0.4, -0.2) is 25.6 Å². The SMILES string of the molecule is Nc1cc(F)c(NCc2nn[nH]n2)c2ncccc12. The van der Waals surface area contributed by atoms with Crippen LogP contribution in [0.15, 0.2) is 24.4 Å². The average Bonchev–Trinajstić information content (AvgIpc) is 2.92. The van der Waals surface area contributed by atoms with Gasteiger partial charge in [-0.2, -0.15) is 5.21 Å². The van der Waals surface area contributed by atoms with Crippen LogP contribution in [0, 0.1) is 5.82 Å². The number of aromatic amines is 1. The molecule has 0 unspecified atom stereocenters. The molecule has 0 amide bonds. The number of nitrogen functional groups attached to an aromatic ring is 1. The lowest BCUT2D eigenvalue weighted by Crippen LogP contribution is -2.05. The topological polar surface area (TPSA) is 105 Å². The first-order chi connectivity index (χ1) is 9.25. The number of hydrogen-bond acceptors (Lipinski definition) is 6. The highest BCUT2D eigenvalue weighted by Crippen LogP contribution is 2.29. The van der Waals surface area contributed by atoms with Crippen LogP contribution in [0.3, 0.4) is 0 Å². The number of nitrogens with zero attached hydrogens (tertiary/aromatic N) is 4. The maximum atomic E-state index is 14.0. The first kappa shape index (κ1) is 11.3. The highest BCUT2D eigenvalue weighted by Gasteiger charge is 2.12. The molecule has 19 heavy (non-hydrogen) atoms. The number of nitrogens with two attached hydrogens (primary N) is 1. The van der Waals surface area contributed by atoms with Gasteiger partial charge < -0.3 is 11.1 Å². The summed E-state index contributed by atoms with van der Waals surface area (Å²) in [5.74, 6) is -0.0347. The van der Waals surface area contributed by atoms with Gasteiger partial charge >= 0.3 is 0 Å². The Labute approximate surface area is 107 Å². The minimum Gasteiger partial charge on any atom is -0.398 e. The van der Waals surface area contributed by atoms with Gasteiger partial charge in [-0.25, -0.2) is 4.39 Å². The molecular formula is C11H10FN7. The Kier molecular flexibility index (Phi) is 2.67. The summed E-state index contributed by atoms with van der Waals surface area (Å²) >= 11 is 0. The highest BCUT2D eigenvalue weighted by molar-refractivity contribution is 5.98. The number of aromatic nitrogens is 5. The van der Waals surface area contributed by atoms with Crippen molar-refractivity contribution in [1.29, 1.82) is 0 Å². The van der Waals surface area contributed by atoms with Crippen LogP contribution in [-0.2, 0) is 6.54 Å². The highest BCUT2D eigenvalue weighted by atomic mass is 19.1. The Bertz CT molecular complexity index is 710. The largest absolute Gasteiger partial charge is 0.398 e. The van der Waals surface area contributed by atoms with Gasteiger partial charge in [0.25, 0.3) is 0 Å². The zero-order chi connectivity index (χ0) is 13.2. The zero-order valence-electron chi connectivity index (χ0n) is 9.76. The third kappa shape index (κ3) is 2.03. The van der Waals surface area contributed by atoms with Crippen LogP contribution in [0.1, 0.15) is 5.82 Å². The summed E-state index contributed by atoms with van der Waals surface area (Å²) in [4.78, 5) is 4.16. The quantitative estimate of drug-likeness (QED) is 0.608. The second-order valence-corrected chi connectivity index (χ2v) is 3.90. The molecule has 0 atom stereocenters. The fraction of sp³-hybridized carbons (Fsp3) is 0.0909. The summed E-state index contributed by atoms with van der Waals surface area (Å²) < 4.78 is 14.0. The van der Waals surface area contributed by atoms with Crippen molar-refractivity contribution in [3.05, 3.63) is 36.0 Å².